The second-order valence-electron chi connectivity index (χ2n) is 4.47. The first-order valence-electron chi connectivity index (χ1n) is 6.57. The fraction of sp³-hybridized carbons (Fsp3) is 0.643. The topological polar surface area (TPSA) is 29.9 Å². The standard InChI is InChI=1S/C14H25N3/c1-5-8-12(15-4)11-13-9-10-17(16-13)14(6-2)7-3/h5,9-10,12,14-15H,1,6-8,11H2,2-4H3. The lowest BCUT2D eigenvalue weighted by Gasteiger charge is -2.14. The molecule has 1 N–H and O–H groups in total. The van der Waals surface area contributed by atoms with Gasteiger partial charge in [0, 0.05) is 18.7 Å². The number of aromatic nitrogens is 2. The first-order chi connectivity index (χ1) is 8.24. The summed E-state index contributed by atoms with van der Waals surface area (Å²) in [5, 5.41) is 7.96. The van der Waals surface area contributed by atoms with Crippen LogP contribution in [0.4, 0.5) is 0 Å². The Kier molecular flexibility index (Phi) is 5.98. The Hall–Kier alpha value is -1.09. The van der Waals surface area contributed by atoms with E-state index in [-0.39, 0.29) is 0 Å². The summed E-state index contributed by atoms with van der Waals surface area (Å²) in [5.41, 5.74) is 1.16. The first-order valence-corrected chi connectivity index (χ1v) is 6.57. The number of hydrogen-bond acceptors (Lipinski definition) is 2. The average Bonchev–Trinajstić information content (AvgIpc) is 2.79. The highest BCUT2D eigenvalue weighted by atomic mass is 15.3. The van der Waals surface area contributed by atoms with Gasteiger partial charge < -0.3 is 5.32 Å². The quantitative estimate of drug-likeness (QED) is 0.702. The molecule has 1 unspecified atom stereocenters. The van der Waals surface area contributed by atoms with Crippen LogP contribution in [0.5, 0.6) is 0 Å². The average molecular weight is 235 g/mol. The third kappa shape index (κ3) is 4.00. The zero-order chi connectivity index (χ0) is 12.7. The van der Waals surface area contributed by atoms with E-state index in [0.29, 0.717) is 12.1 Å². The summed E-state index contributed by atoms with van der Waals surface area (Å²) in [7, 11) is 1.99. The molecule has 1 atom stereocenters. The van der Waals surface area contributed by atoms with Gasteiger partial charge in [-0.3, -0.25) is 4.68 Å². The Morgan fingerprint density at radius 3 is 2.71 bits per heavy atom. The minimum Gasteiger partial charge on any atom is -0.316 e. The van der Waals surface area contributed by atoms with Crippen LogP contribution < -0.4 is 5.32 Å². The van der Waals surface area contributed by atoms with E-state index in [1.807, 2.05) is 13.1 Å². The number of nitrogens with zero attached hydrogens (tertiary/aromatic N) is 2. The SMILES string of the molecule is C=CCC(Cc1ccn(C(CC)CC)n1)NC. The molecule has 0 spiro atoms. The van der Waals surface area contributed by atoms with Crippen molar-refractivity contribution >= 4 is 0 Å². The lowest BCUT2D eigenvalue weighted by atomic mass is 10.1. The third-order valence-corrected chi connectivity index (χ3v) is 3.30. The van der Waals surface area contributed by atoms with Crippen LogP contribution in [0.25, 0.3) is 0 Å². The fourth-order valence-corrected chi connectivity index (χ4v) is 2.11. The normalized spacial score (nSPS) is 12.9. The zero-order valence-corrected chi connectivity index (χ0v) is 11.3. The van der Waals surface area contributed by atoms with E-state index in [4.69, 9.17) is 0 Å². The van der Waals surface area contributed by atoms with Crippen molar-refractivity contribution in [3.63, 3.8) is 0 Å². The molecule has 96 valence electrons. The minimum atomic E-state index is 0.442. The van der Waals surface area contributed by atoms with E-state index >= 15 is 0 Å². The summed E-state index contributed by atoms with van der Waals surface area (Å²) in [6, 6.07) is 3.11. The smallest absolute Gasteiger partial charge is 0.0640 e. The fourth-order valence-electron chi connectivity index (χ4n) is 2.11. The van der Waals surface area contributed by atoms with E-state index < -0.39 is 0 Å². The van der Waals surface area contributed by atoms with Gasteiger partial charge in [-0.1, -0.05) is 19.9 Å². The molecule has 3 heteroatoms. The molecule has 0 radical (unpaired) electrons. The van der Waals surface area contributed by atoms with E-state index in [0.717, 1.165) is 31.4 Å². The predicted octanol–water partition coefficient (Wildman–Crippen LogP) is 2.95. The van der Waals surface area contributed by atoms with Crippen LogP contribution in [0.15, 0.2) is 24.9 Å². The van der Waals surface area contributed by atoms with Crippen LogP contribution in [0.3, 0.4) is 0 Å². The molecule has 0 aliphatic heterocycles. The maximum absolute atomic E-state index is 4.66. The Balaban J connectivity index is 2.63. The van der Waals surface area contributed by atoms with Gasteiger partial charge in [-0.25, -0.2) is 0 Å². The van der Waals surface area contributed by atoms with Gasteiger partial charge in [0.25, 0.3) is 0 Å². The zero-order valence-electron chi connectivity index (χ0n) is 11.3. The van der Waals surface area contributed by atoms with E-state index in [1.54, 1.807) is 0 Å². The maximum atomic E-state index is 4.66. The Morgan fingerprint density at radius 1 is 1.47 bits per heavy atom. The molecular weight excluding hydrogens is 210 g/mol. The van der Waals surface area contributed by atoms with Gasteiger partial charge in [-0.15, -0.1) is 6.58 Å². The molecule has 0 fully saturated rings. The summed E-state index contributed by atoms with van der Waals surface area (Å²) in [5.74, 6) is 0. The second-order valence-corrected chi connectivity index (χ2v) is 4.47. The van der Waals surface area contributed by atoms with Crippen molar-refractivity contribution < 1.29 is 0 Å². The number of likely N-dealkylation sites (N-methyl/N-ethyl adjacent to an activating group) is 1. The summed E-state index contributed by atoms with van der Waals surface area (Å²) in [4.78, 5) is 0. The van der Waals surface area contributed by atoms with Gasteiger partial charge in [-0.05, 0) is 32.4 Å². The predicted molar refractivity (Wildman–Crippen MR) is 73.2 cm³/mol. The van der Waals surface area contributed by atoms with Gasteiger partial charge in [-0.2, -0.15) is 5.10 Å². The second kappa shape index (κ2) is 7.28. The van der Waals surface area contributed by atoms with Crippen molar-refractivity contribution in [2.24, 2.45) is 0 Å². The molecule has 1 aromatic rings. The Bertz CT molecular complexity index is 326. The van der Waals surface area contributed by atoms with Crippen molar-refractivity contribution in [1.29, 1.82) is 0 Å². The van der Waals surface area contributed by atoms with E-state index in [1.165, 1.54) is 0 Å². The van der Waals surface area contributed by atoms with Crippen molar-refractivity contribution in [2.75, 3.05) is 7.05 Å². The van der Waals surface area contributed by atoms with Gasteiger partial charge in [0.15, 0.2) is 0 Å². The Labute approximate surface area is 105 Å². The highest BCUT2D eigenvalue weighted by molar-refractivity contribution is 5.03. The molecule has 0 bridgehead atoms. The molecule has 1 rings (SSSR count). The van der Waals surface area contributed by atoms with Crippen molar-refractivity contribution in [3.05, 3.63) is 30.6 Å². The van der Waals surface area contributed by atoms with Crippen molar-refractivity contribution in [3.8, 4) is 0 Å². The molecule has 0 aliphatic carbocycles. The number of hydrogen-bond donors (Lipinski definition) is 1. The van der Waals surface area contributed by atoms with E-state index in [9.17, 15) is 0 Å². The maximum Gasteiger partial charge on any atom is 0.0640 e. The monoisotopic (exact) mass is 235 g/mol. The summed E-state index contributed by atoms with van der Waals surface area (Å²) >= 11 is 0. The molecule has 1 heterocycles. The molecular formula is C14H25N3. The summed E-state index contributed by atoms with van der Waals surface area (Å²) in [6.45, 7) is 8.21. The van der Waals surface area contributed by atoms with Gasteiger partial charge in [0.1, 0.15) is 0 Å². The molecule has 0 aromatic carbocycles. The molecule has 0 saturated heterocycles. The van der Waals surface area contributed by atoms with Crippen LogP contribution in [0.2, 0.25) is 0 Å². The molecule has 0 saturated carbocycles. The van der Waals surface area contributed by atoms with Gasteiger partial charge in [0.05, 0.1) is 11.7 Å². The highest BCUT2D eigenvalue weighted by Gasteiger charge is 2.11. The van der Waals surface area contributed by atoms with Crippen LogP contribution in [-0.2, 0) is 6.42 Å². The third-order valence-electron chi connectivity index (χ3n) is 3.30. The van der Waals surface area contributed by atoms with Crippen molar-refractivity contribution in [1.82, 2.24) is 15.1 Å². The summed E-state index contributed by atoms with van der Waals surface area (Å²) < 4.78 is 2.11. The number of nitrogens with one attached hydrogen (secondary N) is 1. The summed E-state index contributed by atoms with van der Waals surface area (Å²) in [6.07, 6.45) is 8.29. The van der Waals surface area contributed by atoms with Crippen molar-refractivity contribution in [2.45, 2.75) is 51.6 Å². The molecule has 0 aliphatic rings. The molecule has 1 aromatic heterocycles. The molecule has 0 amide bonds. The molecule has 17 heavy (non-hydrogen) atoms. The van der Waals surface area contributed by atoms with E-state index in [2.05, 4.69) is 47.8 Å². The van der Waals surface area contributed by atoms with Gasteiger partial charge in [0.2, 0.25) is 0 Å². The first kappa shape index (κ1) is 14.0. The van der Waals surface area contributed by atoms with Crippen LogP contribution in [-0.4, -0.2) is 22.9 Å². The van der Waals surface area contributed by atoms with Crippen LogP contribution in [0.1, 0.15) is 44.8 Å². The number of rotatable bonds is 8. The minimum absolute atomic E-state index is 0.442. The Morgan fingerprint density at radius 2 is 2.18 bits per heavy atom. The highest BCUT2D eigenvalue weighted by Crippen LogP contribution is 2.15. The lowest BCUT2D eigenvalue weighted by molar-refractivity contribution is 0.423. The van der Waals surface area contributed by atoms with Crippen LogP contribution in [0, 0.1) is 0 Å². The van der Waals surface area contributed by atoms with Crippen LogP contribution >= 0.6 is 0 Å². The van der Waals surface area contributed by atoms with Gasteiger partial charge >= 0.3 is 0 Å². The lowest BCUT2D eigenvalue weighted by Crippen LogP contribution is -2.27. The molecule has 3 nitrogen and oxygen atoms in total. The largest absolute Gasteiger partial charge is 0.316 e.